The van der Waals surface area contributed by atoms with Gasteiger partial charge in [0.2, 0.25) is 0 Å². The smallest absolute Gasteiger partial charge is 0.185 e. The molecule has 0 amide bonds. The van der Waals surface area contributed by atoms with Gasteiger partial charge in [-0.15, -0.1) is 0 Å². The van der Waals surface area contributed by atoms with Crippen LogP contribution < -0.4 is 5.73 Å². The summed E-state index contributed by atoms with van der Waals surface area (Å²) in [5.74, 6) is 0.282. The monoisotopic (exact) mass is 280 g/mol. The van der Waals surface area contributed by atoms with Gasteiger partial charge in [0.15, 0.2) is 9.84 Å². The Morgan fingerprint density at radius 2 is 2.11 bits per heavy atom. The van der Waals surface area contributed by atoms with Gasteiger partial charge in [0.1, 0.15) is 17.9 Å². The summed E-state index contributed by atoms with van der Waals surface area (Å²) in [5.41, 5.74) is 6.82. The van der Waals surface area contributed by atoms with E-state index in [1.807, 2.05) is 6.92 Å². The van der Waals surface area contributed by atoms with Gasteiger partial charge in [-0.25, -0.2) is 18.1 Å². The fraction of sp³-hybridized carbons (Fsp3) is 0.333. The third-order valence-corrected chi connectivity index (χ3v) is 4.61. The molecule has 0 radical (unpaired) electrons. The van der Waals surface area contributed by atoms with Gasteiger partial charge in [-0.2, -0.15) is 5.10 Å². The summed E-state index contributed by atoms with van der Waals surface area (Å²) in [7, 11) is -3.44. The van der Waals surface area contributed by atoms with Crippen molar-refractivity contribution in [3.8, 4) is 0 Å². The minimum Gasteiger partial charge on any atom is -0.399 e. The second kappa shape index (κ2) is 5.00. The molecule has 0 bridgehead atoms. The third kappa shape index (κ3) is 2.76. The molecule has 0 aliphatic carbocycles. The van der Waals surface area contributed by atoms with E-state index in [1.54, 1.807) is 23.7 Å². The van der Waals surface area contributed by atoms with E-state index >= 15 is 0 Å². The summed E-state index contributed by atoms with van der Waals surface area (Å²) in [6, 6.07) is 4.77. The zero-order chi connectivity index (χ0) is 14.0. The summed E-state index contributed by atoms with van der Waals surface area (Å²) >= 11 is 0. The zero-order valence-electron chi connectivity index (χ0n) is 10.9. The van der Waals surface area contributed by atoms with Crippen molar-refractivity contribution in [1.82, 2.24) is 14.8 Å². The Bertz CT molecular complexity index is 692. The summed E-state index contributed by atoms with van der Waals surface area (Å²) < 4.78 is 26.3. The van der Waals surface area contributed by atoms with Crippen molar-refractivity contribution in [3.63, 3.8) is 0 Å². The van der Waals surface area contributed by atoms with Crippen molar-refractivity contribution < 1.29 is 8.42 Å². The van der Waals surface area contributed by atoms with E-state index in [0.29, 0.717) is 23.6 Å². The van der Waals surface area contributed by atoms with Gasteiger partial charge in [0.05, 0.1) is 4.90 Å². The third-order valence-electron chi connectivity index (χ3n) is 2.85. The van der Waals surface area contributed by atoms with Gasteiger partial charge >= 0.3 is 0 Å². The quantitative estimate of drug-likeness (QED) is 0.849. The Hall–Kier alpha value is -1.89. The molecule has 7 heteroatoms. The molecule has 0 aliphatic heterocycles. The maximum absolute atomic E-state index is 12.4. The van der Waals surface area contributed by atoms with E-state index in [4.69, 9.17) is 5.73 Å². The number of sulfone groups is 1. The van der Waals surface area contributed by atoms with Crippen molar-refractivity contribution in [3.05, 3.63) is 35.9 Å². The van der Waals surface area contributed by atoms with Crippen LogP contribution in [0.1, 0.15) is 18.3 Å². The SMILES string of the molecule is CCn1ncnc1CS(=O)(=O)c1ccc(N)cc1C. The molecule has 1 heterocycles. The van der Waals surface area contributed by atoms with Crippen LogP contribution in [0.2, 0.25) is 0 Å². The van der Waals surface area contributed by atoms with Crippen LogP contribution in [-0.2, 0) is 22.1 Å². The maximum Gasteiger partial charge on any atom is 0.185 e. The van der Waals surface area contributed by atoms with Crippen LogP contribution in [-0.4, -0.2) is 23.2 Å². The molecule has 0 unspecified atom stereocenters. The van der Waals surface area contributed by atoms with Crippen molar-refractivity contribution in [2.24, 2.45) is 0 Å². The van der Waals surface area contributed by atoms with Crippen LogP contribution in [0.15, 0.2) is 29.4 Å². The molecule has 1 aromatic heterocycles. The first-order valence-corrected chi connectivity index (χ1v) is 7.55. The highest BCUT2D eigenvalue weighted by molar-refractivity contribution is 7.90. The molecule has 6 nitrogen and oxygen atoms in total. The Balaban J connectivity index is 2.38. The lowest BCUT2D eigenvalue weighted by atomic mass is 10.2. The molecular weight excluding hydrogens is 264 g/mol. The molecule has 2 aromatic rings. The number of nitrogens with zero attached hydrogens (tertiary/aromatic N) is 3. The molecule has 2 rings (SSSR count). The Kier molecular flexibility index (Phi) is 3.57. The number of anilines is 1. The van der Waals surface area contributed by atoms with Gasteiger partial charge in [-0.1, -0.05) is 0 Å². The molecule has 0 aliphatic rings. The maximum atomic E-state index is 12.4. The molecular formula is C12H16N4O2S. The van der Waals surface area contributed by atoms with E-state index in [2.05, 4.69) is 10.1 Å². The predicted octanol–water partition coefficient (Wildman–Crippen LogP) is 1.16. The van der Waals surface area contributed by atoms with Crippen molar-refractivity contribution in [2.75, 3.05) is 5.73 Å². The molecule has 0 saturated carbocycles. The summed E-state index contributed by atoms with van der Waals surface area (Å²) in [6.07, 6.45) is 1.37. The highest BCUT2D eigenvalue weighted by atomic mass is 32.2. The van der Waals surface area contributed by atoms with Crippen LogP contribution in [0.4, 0.5) is 5.69 Å². The van der Waals surface area contributed by atoms with Gasteiger partial charge in [0, 0.05) is 12.2 Å². The Labute approximate surface area is 112 Å². The van der Waals surface area contributed by atoms with Crippen LogP contribution in [0.25, 0.3) is 0 Å². The number of rotatable bonds is 4. The number of hydrogen-bond acceptors (Lipinski definition) is 5. The first-order valence-electron chi connectivity index (χ1n) is 5.89. The number of aryl methyl sites for hydroxylation is 2. The molecule has 102 valence electrons. The molecule has 2 N–H and O–H groups in total. The first kappa shape index (κ1) is 13.5. The second-order valence-corrected chi connectivity index (χ2v) is 6.23. The van der Waals surface area contributed by atoms with Crippen LogP contribution in [0, 0.1) is 6.92 Å². The minimum absolute atomic E-state index is 0.161. The number of benzene rings is 1. The lowest BCUT2D eigenvalue weighted by Crippen LogP contribution is -2.12. The molecule has 0 saturated heterocycles. The summed E-state index contributed by atoms with van der Waals surface area (Å²) in [6.45, 7) is 4.21. The molecule has 19 heavy (non-hydrogen) atoms. The van der Waals surface area contributed by atoms with Crippen molar-refractivity contribution >= 4 is 15.5 Å². The van der Waals surface area contributed by atoms with Crippen molar-refractivity contribution in [1.29, 1.82) is 0 Å². The first-order chi connectivity index (χ1) is 8.94. The van der Waals surface area contributed by atoms with Crippen molar-refractivity contribution in [2.45, 2.75) is 31.0 Å². The zero-order valence-corrected chi connectivity index (χ0v) is 11.7. The van der Waals surface area contributed by atoms with Gasteiger partial charge in [-0.3, -0.25) is 0 Å². The van der Waals surface area contributed by atoms with Crippen LogP contribution >= 0.6 is 0 Å². The lowest BCUT2D eigenvalue weighted by Gasteiger charge is -2.08. The highest BCUT2D eigenvalue weighted by Crippen LogP contribution is 2.21. The fourth-order valence-corrected chi connectivity index (χ4v) is 3.48. The van der Waals surface area contributed by atoms with E-state index in [-0.39, 0.29) is 10.6 Å². The molecule has 0 spiro atoms. The van der Waals surface area contributed by atoms with Gasteiger partial charge in [0.25, 0.3) is 0 Å². The number of nitrogens with two attached hydrogens (primary N) is 1. The standard InChI is InChI=1S/C12H16N4O2S/c1-3-16-12(14-8-15-16)7-19(17,18)11-5-4-10(13)6-9(11)2/h4-6,8H,3,7,13H2,1-2H3. The molecule has 0 fully saturated rings. The van der Waals surface area contributed by atoms with E-state index in [1.165, 1.54) is 12.4 Å². The largest absolute Gasteiger partial charge is 0.399 e. The minimum atomic E-state index is -3.44. The average molecular weight is 280 g/mol. The Morgan fingerprint density at radius 1 is 1.37 bits per heavy atom. The number of nitrogen functional groups attached to an aromatic ring is 1. The lowest BCUT2D eigenvalue weighted by molar-refractivity contribution is 0.583. The van der Waals surface area contributed by atoms with Crippen LogP contribution in [0.5, 0.6) is 0 Å². The average Bonchev–Trinajstić information content (AvgIpc) is 2.74. The van der Waals surface area contributed by atoms with E-state index in [0.717, 1.165) is 0 Å². The fourth-order valence-electron chi connectivity index (χ4n) is 1.93. The molecule has 0 atom stereocenters. The highest BCUT2D eigenvalue weighted by Gasteiger charge is 2.20. The normalized spacial score (nSPS) is 11.7. The summed E-state index contributed by atoms with van der Waals surface area (Å²) in [4.78, 5) is 4.28. The van der Waals surface area contributed by atoms with Gasteiger partial charge < -0.3 is 5.73 Å². The number of hydrogen-bond donors (Lipinski definition) is 1. The Morgan fingerprint density at radius 3 is 2.74 bits per heavy atom. The molecule has 1 aromatic carbocycles. The predicted molar refractivity (Wildman–Crippen MR) is 72.2 cm³/mol. The second-order valence-electron chi connectivity index (χ2n) is 4.28. The number of aromatic nitrogens is 3. The summed E-state index contributed by atoms with van der Waals surface area (Å²) in [5, 5.41) is 3.97. The van der Waals surface area contributed by atoms with E-state index in [9.17, 15) is 8.42 Å². The topological polar surface area (TPSA) is 90.9 Å². The van der Waals surface area contributed by atoms with Crippen LogP contribution in [0.3, 0.4) is 0 Å². The van der Waals surface area contributed by atoms with E-state index < -0.39 is 9.84 Å². The van der Waals surface area contributed by atoms with Gasteiger partial charge in [-0.05, 0) is 37.6 Å².